The van der Waals surface area contributed by atoms with Crippen LogP contribution in [0.3, 0.4) is 0 Å². The Kier molecular flexibility index (Phi) is 7.04. The van der Waals surface area contributed by atoms with Crippen LogP contribution in [0.15, 0.2) is 0 Å². The summed E-state index contributed by atoms with van der Waals surface area (Å²) in [7, 11) is 1.92. The van der Waals surface area contributed by atoms with Crippen molar-refractivity contribution >= 4 is 0 Å². The lowest BCUT2D eigenvalue weighted by atomic mass is 10.1. The fourth-order valence-corrected chi connectivity index (χ4v) is 2.35. The Balaban J connectivity index is 2.18. The van der Waals surface area contributed by atoms with E-state index in [-0.39, 0.29) is 12.6 Å². The molecule has 1 aliphatic heterocycles. The molecule has 1 fully saturated rings. The van der Waals surface area contributed by atoms with Crippen molar-refractivity contribution in [3.63, 3.8) is 0 Å². The lowest BCUT2D eigenvalue weighted by Crippen LogP contribution is -2.50. The second-order valence-corrected chi connectivity index (χ2v) is 5.09. The van der Waals surface area contributed by atoms with Gasteiger partial charge in [0.15, 0.2) is 0 Å². The average Bonchev–Trinajstić information content (AvgIpc) is 2.39. The summed E-state index contributed by atoms with van der Waals surface area (Å²) >= 11 is 0. The van der Waals surface area contributed by atoms with Gasteiger partial charge in [-0.2, -0.15) is 0 Å². The summed E-state index contributed by atoms with van der Waals surface area (Å²) in [6.07, 6.45) is 2.28. The minimum atomic E-state index is 0.239. The number of nitrogens with zero attached hydrogens (tertiary/aromatic N) is 2. The molecule has 0 spiro atoms. The zero-order valence-corrected chi connectivity index (χ0v) is 11.7. The van der Waals surface area contributed by atoms with Crippen LogP contribution in [0.5, 0.6) is 0 Å². The largest absolute Gasteiger partial charge is 0.395 e. The van der Waals surface area contributed by atoms with E-state index in [1.807, 2.05) is 7.05 Å². The highest BCUT2D eigenvalue weighted by Crippen LogP contribution is 2.09. The Hall–Kier alpha value is -0.160. The molecule has 0 aromatic heterocycles. The third kappa shape index (κ3) is 4.92. The summed E-state index contributed by atoms with van der Waals surface area (Å²) in [6, 6.07) is 0.974. The highest BCUT2D eigenvalue weighted by molar-refractivity contribution is 4.76. The van der Waals surface area contributed by atoms with Gasteiger partial charge in [0.25, 0.3) is 0 Å². The molecule has 1 saturated heterocycles. The number of piperazine rings is 1. The molecule has 102 valence electrons. The van der Waals surface area contributed by atoms with Gasteiger partial charge in [-0.15, -0.1) is 0 Å². The summed E-state index contributed by atoms with van der Waals surface area (Å²) in [5.74, 6) is 0. The second kappa shape index (κ2) is 8.03. The zero-order chi connectivity index (χ0) is 12.7. The lowest BCUT2D eigenvalue weighted by molar-refractivity contribution is 0.0956. The first-order valence-electron chi connectivity index (χ1n) is 6.95. The van der Waals surface area contributed by atoms with Gasteiger partial charge in [0.1, 0.15) is 0 Å². The van der Waals surface area contributed by atoms with Crippen molar-refractivity contribution in [1.29, 1.82) is 0 Å². The fourth-order valence-electron chi connectivity index (χ4n) is 2.35. The number of hydrogen-bond donors (Lipinski definition) is 2. The maximum atomic E-state index is 9.11. The van der Waals surface area contributed by atoms with Gasteiger partial charge in [-0.05, 0) is 33.4 Å². The molecule has 1 heterocycles. The van der Waals surface area contributed by atoms with E-state index < -0.39 is 0 Å². The Morgan fingerprint density at radius 1 is 1.24 bits per heavy atom. The number of nitrogens with one attached hydrogen (secondary N) is 1. The molecule has 4 heteroatoms. The molecule has 17 heavy (non-hydrogen) atoms. The van der Waals surface area contributed by atoms with E-state index in [0.717, 1.165) is 19.0 Å². The first-order valence-corrected chi connectivity index (χ1v) is 6.95. The molecule has 2 N–H and O–H groups in total. The molecule has 0 bridgehead atoms. The number of likely N-dealkylation sites (N-methyl/N-ethyl adjacent to an activating group) is 1. The lowest BCUT2D eigenvalue weighted by Gasteiger charge is -2.38. The Morgan fingerprint density at radius 2 is 1.88 bits per heavy atom. The number of aliphatic hydroxyl groups is 1. The highest BCUT2D eigenvalue weighted by atomic mass is 16.3. The third-order valence-electron chi connectivity index (χ3n) is 4.04. The van der Waals surface area contributed by atoms with Gasteiger partial charge in [-0.25, -0.2) is 0 Å². The van der Waals surface area contributed by atoms with Gasteiger partial charge >= 0.3 is 0 Å². The number of aliphatic hydroxyl groups excluding tert-OH is 1. The number of rotatable bonds is 7. The first-order chi connectivity index (χ1) is 8.21. The zero-order valence-electron chi connectivity index (χ0n) is 11.7. The van der Waals surface area contributed by atoms with Gasteiger partial charge in [0.2, 0.25) is 0 Å². The van der Waals surface area contributed by atoms with Crippen molar-refractivity contribution in [1.82, 2.24) is 15.1 Å². The van der Waals surface area contributed by atoms with Crippen LogP contribution < -0.4 is 5.32 Å². The number of hydrogen-bond acceptors (Lipinski definition) is 4. The molecule has 0 saturated carbocycles. The van der Waals surface area contributed by atoms with Gasteiger partial charge in [-0.1, -0.05) is 6.92 Å². The fraction of sp³-hybridized carbons (Fsp3) is 1.00. The van der Waals surface area contributed by atoms with Crippen molar-refractivity contribution in [2.24, 2.45) is 0 Å². The standard InChI is InChI=1S/C13H29N3O/c1-4-12(2)16-9-7-15(8-10-16)6-5-13(11-17)14-3/h12-14,17H,4-11H2,1-3H3. The van der Waals surface area contributed by atoms with Crippen LogP contribution in [-0.4, -0.2) is 73.4 Å². The van der Waals surface area contributed by atoms with E-state index in [4.69, 9.17) is 5.11 Å². The maximum absolute atomic E-state index is 9.11. The minimum Gasteiger partial charge on any atom is -0.395 e. The van der Waals surface area contributed by atoms with Crippen LogP contribution in [0.2, 0.25) is 0 Å². The average molecular weight is 243 g/mol. The molecule has 4 nitrogen and oxygen atoms in total. The Bertz CT molecular complexity index is 189. The predicted molar refractivity (Wildman–Crippen MR) is 72.3 cm³/mol. The molecular formula is C13H29N3O. The van der Waals surface area contributed by atoms with Crippen molar-refractivity contribution in [2.45, 2.75) is 38.8 Å². The molecule has 2 unspecified atom stereocenters. The van der Waals surface area contributed by atoms with E-state index in [9.17, 15) is 0 Å². The van der Waals surface area contributed by atoms with Crippen molar-refractivity contribution in [3.05, 3.63) is 0 Å². The Labute approximate surface area is 106 Å². The van der Waals surface area contributed by atoms with E-state index in [1.165, 1.54) is 32.6 Å². The molecule has 0 aromatic carbocycles. The molecule has 1 rings (SSSR count). The van der Waals surface area contributed by atoms with Crippen LogP contribution in [0.25, 0.3) is 0 Å². The quantitative estimate of drug-likeness (QED) is 0.678. The van der Waals surface area contributed by atoms with Crippen molar-refractivity contribution in [3.8, 4) is 0 Å². The van der Waals surface area contributed by atoms with E-state index in [1.54, 1.807) is 0 Å². The van der Waals surface area contributed by atoms with E-state index in [2.05, 4.69) is 29.0 Å². The topological polar surface area (TPSA) is 38.7 Å². The molecule has 0 aliphatic carbocycles. The third-order valence-corrected chi connectivity index (χ3v) is 4.04. The highest BCUT2D eigenvalue weighted by Gasteiger charge is 2.20. The first kappa shape index (κ1) is 14.9. The maximum Gasteiger partial charge on any atom is 0.0585 e. The van der Waals surface area contributed by atoms with E-state index >= 15 is 0 Å². The summed E-state index contributed by atoms with van der Waals surface area (Å²) in [4.78, 5) is 5.09. The van der Waals surface area contributed by atoms with Gasteiger partial charge in [0, 0.05) is 38.3 Å². The summed E-state index contributed by atoms with van der Waals surface area (Å²) in [5, 5.41) is 12.3. The molecule has 0 aromatic rings. The molecule has 2 atom stereocenters. The van der Waals surface area contributed by atoms with Crippen LogP contribution in [0.1, 0.15) is 26.7 Å². The monoisotopic (exact) mass is 243 g/mol. The van der Waals surface area contributed by atoms with Gasteiger partial charge in [-0.3, -0.25) is 4.90 Å². The van der Waals surface area contributed by atoms with Gasteiger partial charge in [0.05, 0.1) is 6.61 Å². The van der Waals surface area contributed by atoms with E-state index in [0.29, 0.717) is 0 Å². The van der Waals surface area contributed by atoms with Crippen molar-refractivity contribution in [2.75, 3.05) is 46.4 Å². The SMILES string of the molecule is CCC(C)N1CCN(CCC(CO)NC)CC1. The summed E-state index contributed by atoms with van der Waals surface area (Å²) in [5.41, 5.74) is 0. The molecular weight excluding hydrogens is 214 g/mol. The minimum absolute atomic E-state index is 0.239. The Morgan fingerprint density at radius 3 is 2.35 bits per heavy atom. The van der Waals surface area contributed by atoms with Crippen LogP contribution >= 0.6 is 0 Å². The normalized spacial score (nSPS) is 22.6. The summed E-state index contributed by atoms with van der Waals surface area (Å²) in [6.45, 7) is 10.6. The second-order valence-electron chi connectivity index (χ2n) is 5.09. The van der Waals surface area contributed by atoms with Crippen LogP contribution in [0.4, 0.5) is 0 Å². The smallest absolute Gasteiger partial charge is 0.0585 e. The van der Waals surface area contributed by atoms with Crippen LogP contribution in [0, 0.1) is 0 Å². The molecule has 1 aliphatic rings. The molecule has 0 amide bonds. The molecule has 0 radical (unpaired) electrons. The van der Waals surface area contributed by atoms with Gasteiger partial charge < -0.3 is 15.3 Å². The van der Waals surface area contributed by atoms with Crippen LogP contribution in [-0.2, 0) is 0 Å². The van der Waals surface area contributed by atoms with Crippen molar-refractivity contribution < 1.29 is 5.11 Å². The summed E-state index contributed by atoms with van der Waals surface area (Å²) < 4.78 is 0. The predicted octanol–water partition coefficient (Wildman–Crippen LogP) is 0.373.